The number of nitrogens with zero attached hydrogens (tertiary/aromatic N) is 1. The van der Waals surface area contributed by atoms with Crippen LogP contribution < -0.4 is 16.0 Å². The van der Waals surface area contributed by atoms with Gasteiger partial charge < -0.3 is 16.0 Å². The Bertz CT molecular complexity index is 1280. The van der Waals surface area contributed by atoms with E-state index in [1.165, 1.54) is 37.9 Å². The molecule has 3 aromatic rings. The highest BCUT2D eigenvalue weighted by Gasteiger charge is 2.29. The van der Waals surface area contributed by atoms with Gasteiger partial charge in [0.1, 0.15) is 0 Å². The molecular formula is C30H32N4O2. The van der Waals surface area contributed by atoms with Gasteiger partial charge in [-0.2, -0.15) is 0 Å². The van der Waals surface area contributed by atoms with Crippen molar-refractivity contribution in [1.82, 2.24) is 10.2 Å². The summed E-state index contributed by atoms with van der Waals surface area (Å²) < 4.78 is 0. The van der Waals surface area contributed by atoms with E-state index in [1.807, 2.05) is 43.3 Å². The summed E-state index contributed by atoms with van der Waals surface area (Å²) in [5.41, 5.74) is 6.38. The van der Waals surface area contributed by atoms with E-state index in [4.69, 9.17) is 0 Å². The summed E-state index contributed by atoms with van der Waals surface area (Å²) in [6.45, 7) is 5.73. The minimum Gasteiger partial charge on any atom is -0.354 e. The Morgan fingerprint density at radius 3 is 2.39 bits per heavy atom. The first-order valence-corrected chi connectivity index (χ1v) is 12.7. The molecule has 36 heavy (non-hydrogen) atoms. The van der Waals surface area contributed by atoms with Crippen molar-refractivity contribution in [3.05, 3.63) is 95.1 Å². The number of amides is 2. The largest absolute Gasteiger partial charge is 0.354 e. The molecule has 6 nitrogen and oxygen atoms in total. The average Bonchev–Trinajstić information content (AvgIpc) is 3.24. The summed E-state index contributed by atoms with van der Waals surface area (Å²) in [6, 6.07) is 23.7. The monoisotopic (exact) mass is 480 g/mol. The highest BCUT2D eigenvalue weighted by molar-refractivity contribution is 6.37. The van der Waals surface area contributed by atoms with Crippen molar-refractivity contribution in [3.63, 3.8) is 0 Å². The molecule has 0 radical (unpaired) electrons. The summed E-state index contributed by atoms with van der Waals surface area (Å²) in [6.07, 6.45) is 3.89. The van der Waals surface area contributed by atoms with Crippen LogP contribution in [0.4, 0.5) is 11.4 Å². The van der Waals surface area contributed by atoms with Crippen molar-refractivity contribution >= 4 is 34.5 Å². The van der Waals surface area contributed by atoms with Crippen LogP contribution in [0.3, 0.4) is 0 Å². The molecule has 1 fully saturated rings. The minimum absolute atomic E-state index is 0.155. The van der Waals surface area contributed by atoms with Crippen molar-refractivity contribution in [2.24, 2.45) is 0 Å². The van der Waals surface area contributed by atoms with Crippen LogP contribution in [-0.4, -0.2) is 36.3 Å². The second kappa shape index (κ2) is 10.8. The van der Waals surface area contributed by atoms with Crippen LogP contribution in [0.5, 0.6) is 0 Å². The molecular weight excluding hydrogens is 448 g/mol. The molecule has 184 valence electrons. The zero-order valence-electron chi connectivity index (χ0n) is 20.6. The molecule has 0 bridgehead atoms. The second-order valence-electron chi connectivity index (χ2n) is 9.35. The Hall–Kier alpha value is -3.90. The molecule has 0 spiro atoms. The summed E-state index contributed by atoms with van der Waals surface area (Å²) in [5.74, 6) is -0.343. The number of fused-ring (bicyclic) bond motifs is 1. The highest BCUT2D eigenvalue weighted by atomic mass is 16.2. The summed E-state index contributed by atoms with van der Waals surface area (Å²) in [5, 5.41) is 9.28. The summed E-state index contributed by atoms with van der Waals surface area (Å²) in [4.78, 5) is 28.0. The summed E-state index contributed by atoms with van der Waals surface area (Å²) >= 11 is 0. The maximum atomic E-state index is 13.2. The quantitative estimate of drug-likeness (QED) is 0.398. The number of anilines is 2. The average molecular weight is 481 g/mol. The van der Waals surface area contributed by atoms with Gasteiger partial charge >= 0.3 is 0 Å². The molecule has 2 heterocycles. The zero-order valence-corrected chi connectivity index (χ0v) is 20.6. The van der Waals surface area contributed by atoms with E-state index in [9.17, 15) is 9.59 Å². The highest BCUT2D eigenvalue weighted by Crippen LogP contribution is 2.38. The first kappa shape index (κ1) is 23.8. The molecule has 2 aliphatic heterocycles. The Morgan fingerprint density at radius 2 is 1.67 bits per heavy atom. The van der Waals surface area contributed by atoms with Crippen LogP contribution in [0.25, 0.3) is 11.3 Å². The predicted molar refractivity (Wildman–Crippen MR) is 146 cm³/mol. The lowest BCUT2D eigenvalue weighted by Crippen LogP contribution is -2.29. The molecule has 0 atom stereocenters. The van der Waals surface area contributed by atoms with Gasteiger partial charge in [-0.05, 0) is 68.2 Å². The topological polar surface area (TPSA) is 73.5 Å². The number of likely N-dealkylation sites (tertiary alicyclic amines) is 1. The molecule has 2 amide bonds. The number of benzene rings is 3. The molecule has 1 saturated heterocycles. The van der Waals surface area contributed by atoms with E-state index < -0.39 is 0 Å². The van der Waals surface area contributed by atoms with E-state index >= 15 is 0 Å². The Kier molecular flexibility index (Phi) is 7.14. The lowest BCUT2D eigenvalue weighted by molar-refractivity contribution is -0.110. The number of carbonyl (C=O) groups excluding carboxylic acids is 2. The van der Waals surface area contributed by atoms with E-state index in [-0.39, 0.29) is 11.8 Å². The first-order valence-electron chi connectivity index (χ1n) is 12.7. The lowest BCUT2D eigenvalue weighted by atomic mass is 9.98. The number of hydrogen-bond donors (Lipinski definition) is 3. The molecule has 0 aliphatic carbocycles. The van der Waals surface area contributed by atoms with Gasteiger partial charge in [-0.1, -0.05) is 55.0 Å². The van der Waals surface area contributed by atoms with Gasteiger partial charge in [-0.3, -0.25) is 14.5 Å². The van der Waals surface area contributed by atoms with Crippen LogP contribution in [-0.2, 0) is 11.3 Å². The fraction of sp³-hybridized carbons (Fsp3) is 0.267. The van der Waals surface area contributed by atoms with Crippen LogP contribution >= 0.6 is 0 Å². The minimum atomic E-state index is -0.189. The third kappa shape index (κ3) is 5.19. The van der Waals surface area contributed by atoms with E-state index in [1.54, 1.807) is 12.1 Å². The van der Waals surface area contributed by atoms with Crippen molar-refractivity contribution in [1.29, 1.82) is 0 Å². The number of rotatable bonds is 7. The molecule has 0 saturated carbocycles. The van der Waals surface area contributed by atoms with Gasteiger partial charge in [0.15, 0.2) is 0 Å². The van der Waals surface area contributed by atoms with Crippen LogP contribution in [0.2, 0.25) is 0 Å². The van der Waals surface area contributed by atoms with Crippen molar-refractivity contribution in [2.45, 2.75) is 32.7 Å². The van der Waals surface area contributed by atoms with Gasteiger partial charge in [0.25, 0.3) is 11.8 Å². The number of nitrogens with one attached hydrogen (secondary N) is 3. The van der Waals surface area contributed by atoms with Crippen molar-refractivity contribution < 1.29 is 9.59 Å². The molecule has 2 aliphatic rings. The second-order valence-corrected chi connectivity index (χ2v) is 9.35. The number of hydrogen-bond acceptors (Lipinski definition) is 4. The predicted octanol–water partition coefficient (Wildman–Crippen LogP) is 5.35. The summed E-state index contributed by atoms with van der Waals surface area (Å²) in [7, 11) is 0. The van der Waals surface area contributed by atoms with Gasteiger partial charge in [-0.25, -0.2) is 0 Å². The molecule has 0 aromatic heterocycles. The standard InChI is InChI=1S/C30H32N4O2/c1-2-31-29(35)23-13-16-25-26(19-23)33-30(36)27(25)28(22-9-5-3-6-10-22)32-24-14-11-21(12-15-24)20-34-17-7-4-8-18-34/h3,5-6,9-16,19,32H,2,4,7-8,17-18,20H2,1H3,(H,31,35)(H,33,36)/b28-27-. The van der Waals surface area contributed by atoms with Crippen LogP contribution in [0.15, 0.2) is 72.8 Å². The van der Waals surface area contributed by atoms with Gasteiger partial charge in [0, 0.05) is 35.6 Å². The molecule has 3 aromatic carbocycles. The lowest BCUT2D eigenvalue weighted by Gasteiger charge is -2.26. The van der Waals surface area contributed by atoms with Gasteiger partial charge in [-0.15, -0.1) is 0 Å². The van der Waals surface area contributed by atoms with Crippen LogP contribution in [0, 0.1) is 0 Å². The number of carbonyl (C=O) groups is 2. The third-order valence-electron chi connectivity index (χ3n) is 6.75. The molecule has 5 rings (SSSR count). The molecule has 6 heteroatoms. The normalized spacial score (nSPS) is 16.8. The smallest absolute Gasteiger partial charge is 0.258 e. The van der Waals surface area contributed by atoms with Gasteiger partial charge in [0.05, 0.1) is 11.3 Å². The van der Waals surface area contributed by atoms with Crippen molar-refractivity contribution in [3.8, 4) is 0 Å². The van der Waals surface area contributed by atoms with E-state index in [2.05, 4.69) is 45.1 Å². The Morgan fingerprint density at radius 1 is 0.917 bits per heavy atom. The maximum Gasteiger partial charge on any atom is 0.258 e. The van der Waals surface area contributed by atoms with E-state index in [0.29, 0.717) is 23.4 Å². The fourth-order valence-corrected chi connectivity index (χ4v) is 4.92. The van der Waals surface area contributed by atoms with Crippen molar-refractivity contribution in [2.75, 3.05) is 30.3 Å². The SMILES string of the molecule is CCNC(=O)c1ccc2c(c1)NC(=O)/C2=C(\Nc1ccc(CN2CCCCC2)cc1)c1ccccc1. The number of piperidine rings is 1. The van der Waals surface area contributed by atoms with Gasteiger partial charge in [0.2, 0.25) is 0 Å². The first-order chi connectivity index (χ1) is 17.6. The Labute approximate surface area is 212 Å². The molecule has 0 unspecified atom stereocenters. The third-order valence-corrected chi connectivity index (χ3v) is 6.75. The van der Waals surface area contributed by atoms with E-state index in [0.717, 1.165) is 29.1 Å². The zero-order chi connectivity index (χ0) is 24.9. The van der Waals surface area contributed by atoms with Crippen LogP contribution in [0.1, 0.15) is 53.2 Å². The fourth-order valence-electron chi connectivity index (χ4n) is 4.92. The Balaban J connectivity index is 1.46. The maximum absolute atomic E-state index is 13.2. The molecule has 3 N–H and O–H groups in total.